The van der Waals surface area contributed by atoms with E-state index in [9.17, 15) is 9.18 Å². The smallest absolute Gasteiger partial charge is 0.319 e. The predicted molar refractivity (Wildman–Crippen MR) is 135 cm³/mol. The third-order valence-corrected chi connectivity index (χ3v) is 6.70. The lowest BCUT2D eigenvalue weighted by atomic mass is 10.1. The van der Waals surface area contributed by atoms with Crippen molar-refractivity contribution in [2.24, 2.45) is 7.05 Å². The first kappa shape index (κ1) is 21.8. The van der Waals surface area contributed by atoms with Crippen molar-refractivity contribution in [1.29, 1.82) is 0 Å². The lowest BCUT2D eigenvalue weighted by Crippen LogP contribution is -2.28. The molecular formula is C25H23FN6OS. The van der Waals surface area contributed by atoms with Gasteiger partial charge in [-0.2, -0.15) is 5.10 Å². The number of carbonyl (C=O) groups is 1. The monoisotopic (exact) mass is 474 g/mol. The van der Waals surface area contributed by atoms with Gasteiger partial charge in [-0.3, -0.25) is 4.68 Å². The molecule has 3 aromatic heterocycles. The number of nitrogens with one attached hydrogen (secondary N) is 3. The lowest BCUT2D eigenvalue weighted by Gasteiger charge is -2.11. The molecule has 0 atom stereocenters. The molecule has 0 spiro atoms. The maximum Gasteiger partial charge on any atom is 0.319 e. The van der Waals surface area contributed by atoms with Crippen molar-refractivity contribution in [3.8, 4) is 0 Å². The SMILES string of the molecule is Cc1nn(C)c(C)c1NC(=O)NCc1ccc2c(c1)nc(Nc1cccc(F)c1)c1ccsc12. The van der Waals surface area contributed by atoms with Crippen molar-refractivity contribution in [2.75, 3.05) is 10.6 Å². The molecule has 0 unspecified atom stereocenters. The molecule has 9 heteroatoms. The van der Waals surface area contributed by atoms with Gasteiger partial charge in [0.25, 0.3) is 0 Å². The number of fused-ring (bicyclic) bond motifs is 3. The molecule has 0 saturated carbocycles. The number of benzene rings is 2. The molecule has 7 nitrogen and oxygen atoms in total. The Balaban J connectivity index is 1.39. The molecule has 0 aliphatic heterocycles. The van der Waals surface area contributed by atoms with Crippen LogP contribution in [-0.2, 0) is 13.6 Å². The van der Waals surface area contributed by atoms with Crippen LogP contribution in [0.15, 0.2) is 53.9 Å². The number of hydrogen-bond acceptors (Lipinski definition) is 5. The van der Waals surface area contributed by atoms with E-state index in [1.165, 1.54) is 12.1 Å². The minimum absolute atomic E-state index is 0.297. The first-order chi connectivity index (χ1) is 16.4. The number of anilines is 3. The van der Waals surface area contributed by atoms with Gasteiger partial charge in [-0.05, 0) is 55.1 Å². The molecule has 3 heterocycles. The fourth-order valence-corrected chi connectivity index (χ4v) is 4.88. The molecule has 2 aromatic carbocycles. The Kier molecular flexibility index (Phi) is 5.62. The first-order valence-electron chi connectivity index (χ1n) is 10.8. The summed E-state index contributed by atoms with van der Waals surface area (Å²) in [5.74, 6) is 0.357. The molecule has 0 saturated heterocycles. The number of aromatic nitrogens is 3. The summed E-state index contributed by atoms with van der Waals surface area (Å²) >= 11 is 1.63. The van der Waals surface area contributed by atoms with Crippen LogP contribution in [0.2, 0.25) is 0 Å². The molecule has 0 aliphatic rings. The molecule has 3 N–H and O–H groups in total. The van der Waals surface area contributed by atoms with Gasteiger partial charge in [0.05, 0.1) is 22.6 Å². The molecule has 172 valence electrons. The topological polar surface area (TPSA) is 83.9 Å². The number of thiophene rings is 1. The molecule has 2 amide bonds. The summed E-state index contributed by atoms with van der Waals surface area (Å²) in [6, 6.07) is 14.0. The Hall–Kier alpha value is -3.98. The molecule has 0 fully saturated rings. The standard InChI is InChI=1S/C25H23FN6OS/c1-14-22(15(2)32(3)31-14)30-25(33)27-13-16-7-8-19-21(11-16)29-24(20-9-10-34-23(19)20)28-18-6-4-5-17(26)12-18/h4-12H,13H2,1-3H3,(H,28,29)(H2,27,30,33). The zero-order chi connectivity index (χ0) is 23.8. The third-order valence-electron chi connectivity index (χ3n) is 5.75. The quantitative estimate of drug-likeness (QED) is 0.292. The Morgan fingerprint density at radius 2 is 1.97 bits per heavy atom. The maximum atomic E-state index is 13.7. The van der Waals surface area contributed by atoms with E-state index in [1.54, 1.807) is 28.2 Å². The van der Waals surface area contributed by atoms with Crippen LogP contribution in [-0.4, -0.2) is 20.8 Å². The second-order valence-electron chi connectivity index (χ2n) is 8.09. The van der Waals surface area contributed by atoms with Crippen LogP contribution < -0.4 is 16.0 Å². The van der Waals surface area contributed by atoms with Gasteiger partial charge in [-0.15, -0.1) is 11.3 Å². The number of aryl methyl sites for hydroxylation is 2. The van der Waals surface area contributed by atoms with E-state index in [-0.39, 0.29) is 11.8 Å². The first-order valence-corrected chi connectivity index (χ1v) is 11.6. The molecule has 0 bridgehead atoms. The zero-order valence-corrected chi connectivity index (χ0v) is 19.8. The molecule has 34 heavy (non-hydrogen) atoms. The number of carbonyl (C=O) groups excluding carboxylic acids is 1. The van der Waals surface area contributed by atoms with E-state index in [4.69, 9.17) is 4.98 Å². The maximum absolute atomic E-state index is 13.7. The lowest BCUT2D eigenvalue weighted by molar-refractivity contribution is 0.251. The fraction of sp³-hybridized carbons (Fsp3) is 0.160. The van der Waals surface area contributed by atoms with Crippen LogP contribution in [0.5, 0.6) is 0 Å². The summed E-state index contributed by atoms with van der Waals surface area (Å²) in [4.78, 5) is 17.3. The summed E-state index contributed by atoms with van der Waals surface area (Å²) in [6.45, 7) is 4.11. The molecule has 5 rings (SSSR count). The van der Waals surface area contributed by atoms with E-state index in [2.05, 4.69) is 21.0 Å². The molecule has 5 aromatic rings. The summed E-state index contributed by atoms with van der Waals surface area (Å²) in [5, 5.41) is 17.4. The Morgan fingerprint density at radius 1 is 1.12 bits per heavy atom. The second-order valence-corrected chi connectivity index (χ2v) is 9.00. The second kappa shape index (κ2) is 8.75. The number of amides is 2. The number of urea groups is 1. The van der Waals surface area contributed by atoms with Gasteiger partial charge in [-0.25, -0.2) is 14.2 Å². The average Bonchev–Trinajstić information content (AvgIpc) is 3.39. The van der Waals surface area contributed by atoms with Gasteiger partial charge in [0.2, 0.25) is 0 Å². The predicted octanol–water partition coefficient (Wildman–Crippen LogP) is 6.00. The normalized spacial score (nSPS) is 11.2. The summed E-state index contributed by atoms with van der Waals surface area (Å²) < 4.78 is 16.5. The summed E-state index contributed by atoms with van der Waals surface area (Å²) in [6.07, 6.45) is 0. The van der Waals surface area contributed by atoms with Crippen molar-refractivity contribution in [3.63, 3.8) is 0 Å². The Morgan fingerprint density at radius 3 is 2.74 bits per heavy atom. The van der Waals surface area contributed by atoms with E-state index < -0.39 is 0 Å². The number of rotatable bonds is 5. The van der Waals surface area contributed by atoms with Crippen molar-refractivity contribution < 1.29 is 9.18 Å². The van der Waals surface area contributed by atoms with Crippen LogP contribution in [0.25, 0.3) is 21.0 Å². The van der Waals surface area contributed by atoms with Crippen LogP contribution >= 0.6 is 11.3 Å². The number of pyridine rings is 1. The Labute approximate surface area is 199 Å². The number of hydrogen-bond donors (Lipinski definition) is 3. The summed E-state index contributed by atoms with van der Waals surface area (Å²) in [7, 11) is 1.84. The van der Waals surface area contributed by atoms with Crippen LogP contribution in [0.3, 0.4) is 0 Å². The van der Waals surface area contributed by atoms with Gasteiger partial charge in [-0.1, -0.05) is 18.2 Å². The minimum Gasteiger partial charge on any atom is -0.340 e. The van der Waals surface area contributed by atoms with Crippen LogP contribution in [0.4, 0.5) is 26.4 Å². The van der Waals surface area contributed by atoms with Gasteiger partial charge in [0, 0.05) is 34.8 Å². The van der Waals surface area contributed by atoms with Crippen molar-refractivity contribution in [3.05, 3.63) is 76.7 Å². The van der Waals surface area contributed by atoms with E-state index in [0.29, 0.717) is 23.7 Å². The fourth-order valence-electron chi connectivity index (χ4n) is 3.95. The average molecular weight is 475 g/mol. The van der Waals surface area contributed by atoms with Crippen molar-refractivity contribution in [2.45, 2.75) is 20.4 Å². The van der Waals surface area contributed by atoms with Crippen LogP contribution in [0, 0.1) is 19.7 Å². The third kappa shape index (κ3) is 4.17. The van der Waals surface area contributed by atoms with Crippen molar-refractivity contribution >= 4 is 55.5 Å². The van der Waals surface area contributed by atoms with E-state index >= 15 is 0 Å². The van der Waals surface area contributed by atoms with Crippen LogP contribution in [0.1, 0.15) is 17.0 Å². The Bertz CT molecular complexity index is 1540. The van der Waals surface area contributed by atoms with E-state index in [1.807, 2.05) is 50.5 Å². The van der Waals surface area contributed by atoms with Gasteiger partial charge >= 0.3 is 6.03 Å². The summed E-state index contributed by atoms with van der Waals surface area (Å²) in [5.41, 5.74) is 4.72. The minimum atomic E-state index is -0.310. The molecular weight excluding hydrogens is 451 g/mol. The zero-order valence-electron chi connectivity index (χ0n) is 18.9. The van der Waals surface area contributed by atoms with Gasteiger partial charge in [0.15, 0.2) is 0 Å². The highest BCUT2D eigenvalue weighted by Gasteiger charge is 2.14. The van der Waals surface area contributed by atoms with Gasteiger partial charge in [0.1, 0.15) is 11.6 Å². The number of halogens is 1. The number of nitrogens with zero attached hydrogens (tertiary/aromatic N) is 3. The highest BCUT2D eigenvalue weighted by atomic mass is 32.1. The highest BCUT2D eigenvalue weighted by Crippen LogP contribution is 2.35. The molecule has 0 aliphatic carbocycles. The molecule has 0 radical (unpaired) electrons. The largest absolute Gasteiger partial charge is 0.340 e. The van der Waals surface area contributed by atoms with E-state index in [0.717, 1.165) is 37.9 Å². The van der Waals surface area contributed by atoms with Crippen molar-refractivity contribution in [1.82, 2.24) is 20.1 Å². The highest BCUT2D eigenvalue weighted by molar-refractivity contribution is 7.18. The van der Waals surface area contributed by atoms with Gasteiger partial charge < -0.3 is 16.0 Å².